The van der Waals surface area contributed by atoms with Gasteiger partial charge in [-0.3, -0.25) is 0 Å². The third-order valence-corrected chi connectivity index (χ3v) is 3.83. The Hall–Kier alpha value is -1.30. The molecule has 1 amide bonds. The molecular formula is C13H23NO5. The highest BCUT2D eigenvalue weighted by Gasteiger charge is 2.41. The summed E-state index contributed by atoms with van der Waals surface area (Å²) in [5, 5.41) is 11.8. The zero-order valence-corrected chi connectivity index (χ0v) is 11.9. The monoisotopic (exact) mass is 273 g/mol. The van der Waals surface area contributed by atoms with Crippen LogP contribution in [0.2, 0.25) is 0 Å². The second-order valence-electron chi connectivity index (χ2n) is 5.08. The molecule has 0 saturated carbocycles. The van der Waals surface area contributed by atoms with E-state index in [2.05, 4.69) is 10.1 Å². The largest absolute Gasteiger partial charge is 0.480 e. The van der Waals surface area contributed by atoms with Crippen LogP contribution in [0.1, 0.15) is 33.6 Å². The summed E-state index contributed by atoms with van der Waals surface area (Å²) in [6, 6.07) is -0.939. The van der Waals surface area contributed by atoms with Crippen LogP contribution in [0.15, 0.2) is 0 Å². The standard InChI is InChI=1S/C13H23NO5/c1-5-9-8(3)19-7(2)6-10(9)11(12(15)16)14-13(17)18-4/h7-11H,5-6H2,1-4H3,(H,14,17)(H,15,16)/t7-,8-,9?,10?,11?/m1/s1. The first-order valence-electron chi connectivity index (χ1n) is 6.63. The van der Waals surface area contributed by atoms with Crippen molar-refractivity contribution in [3.8, 4) is 0 Å². The third kappa shape index (κ3) is 3.83. The topological polar surface area (TPSA) is 84.9 Å². The van der Waals surface area contributed by atoms with Gasteiger partial charge in [-0.05, 0) is 32.1 Å². The molecule has 5 atom stereocenters. The van der Waals surface area contributed by atoms with Gasteiger partial charge in [-0.1, -0.05) is 13.3 Å². The summed E-state index contributed by atoms with van der Waals surface area (Å²) in [5.41, 5.74) is 0. The molecular weight excluding hydrogens is 250 g/mol. The summed E-state index contributed by atoms with van der Waals surface area (Å²) in [6.07, 6.45) is 0.688. The average molecular weight is 273 g/mol. The fourth-order valence-corrected chi connectivity index (χ4v) is 2.98. The van der Waals surface area contributed by atoms with Gasteiger partial charge in [-0.15, -0.1) is 0 Å². The summed E-state index contributed by atoms with van der Waals surface area (Å²) in [7, 11) is 1.22. The fourth-order valence-electron chi connectivity index (χ4n) is 2.98. The molecule has 110 valence electrons. The van der Waals surface area contributed by atoms with Crippen molar-refractivity contribution in [2.75, 3.05) is 7.11 Å². The molecule has 0 radical (unpaired) electrons. The minimum atomic E-state index is -1.03. The molecule has 1 aliphatic rings. The van der Waals surface area contributed by atoms with Gasteiger partial charge in [0, 0.05) is 0 Å². The molecule has 0 bridgehead atoms. The first kappa shape index (κ1) is 15.8. The van der Waals surface area contributed by atoms with Crippen molar-refractivity contribution < 1.29 is 24.2 Å². The van der Waals surface area contributed by atoms with E-state index in [0.29, 0.717) is 6.42 Å². The number of carbonyl (C=O) groups is 2. The number of alkyl carbamates (subject to hydrolysis) is 1. The maximum atomic E-state index is 11.4. The summed E-state index contributed by atoms with van der Waals surface area (Å²) in [4.78, 5) is 22.7. The van der Waals surface area contributed by atoms with Crippen molar-refractivity contribution in [2.45, 2.75) is 51.9 Å². The normalized spacial score (nSPS) is 32.4. The number of amides is 1. The predicted molar refractivity (Wildman–Crippen MR) is 68.9 cm³/mol. The Morgan fingerprint density at radius 3 is 2.58 bits per heavy atom. The lowest BCUT2D eigenvalue weighted by Crippen LogP contribution is -2.53. The lowest BCUT2D eigenvalue weighted by molar-refractivity contribution is -0.147. The van der Waals surface area contributed by atoms with E-state index in [0.717, 1.165) is 6.42 Å². The van der Waals surface area contributed by atoms with Crippen molar-refractivity contribution in [1.82, 2.24) is 5.32 Å². The van der Waals surface area contributed by atoms with Crippen LogP contribution in [0.25, 0.3) is 0 Å². The van der Waals surface area contributed by atoms with E-state index in [9.17, 15) is 14.7 Å². The van der Waals surface area contributed by atoms with Gasteiger partial charge in [-0.25, -0.2) is 9.59 Å². The SMILES string of the molecule is CCC1C(C(NC(=O)OC)C(=O)O)C[C@@H](C)O[C@@H]1C. The van der Waals surface area contributed by atoms with Crippen LogP contribution >= 0.6 is 0 Å². The molecule has 6 nitrogen and oxygen atoms in total. The zero-order chi connectivity index (χ0) is 14.6. The summed E-state index contributed by atoms with van der Waals surface area (Å²) in [5.74, 6) is -1.08. The van der Waals surface area contributed by atoms with Gasteiger partial charge < -0.3 is 19.9 Å². The molecule has 3 unspecified atom stereocenters. The quantitative estimate of drug-likeness (QED) is 0.813. The highest BCUT2D eigenvalue weighted by molar-refractivity contribution is 5.80. The first-order chi connectivity index (χ1) is 8.90. The van der Waals surface area contributed by atoms with E-state index in [1.807, 2.05) is 20.8 Å². The van der Waals surface area contributed by atoms with E-state index >= 15 is 0 Å². The van der Waals surface area contributed by atoms with Crippen molar-refractivity contribution in [1.29, 1.82) is 0 Å². The average Bonchev–Trinajstić information content (AvgIpc) is 2.34. The highest BCUT2D eigenvalue weighted by Crippen LogP contribution is 2.35. The fraction of sp³-hybridized carbons (Fsp3) is 0.846. The van der Waals surface area contributed by atoms with Crippen molar-refractivity contribution in [3.05, 3.63) is 0 Å². The minimum Gasteiger partial charge on any atom is -0.480 e. The molecule has 0 aliphatic carbocycles. The summed E-state index contributed by atoms with van der Waals surface area (Å²) in [6.45, 7) is 5.88. The van der Waals surface area contributed by atoms with E-state index in [4.69, 9.17) is 4.74 Å². The Balaban J connectivity index is 2.90. The molecule has 0 aromatic rings. The summed E-state index contributed by atoms with van der Waals surface area (Å²) < 4.78 is 10.2. The van der Waals surface area contributed by atoms with Gasteiger partial charge in [0.1, 0.15) is 6.04 Å². The number of nitrogens with one attached hydrogen (secondary N) is 1. The lowest BCUT2D eigenvalue weighted by Gasteiger charge is -2.41. The maximum absolute atomic E-state index is 11.4. The predicted octanol–water partition coefficient (Wildman–Crippen LogP) is 1.64. The van der Waals surface area contributed by atoms with Crippen LogP contribution in [0.5, 0.6) is 0 Å². The molecule has 1 fully saturated rings. The van der Waals surface area contributed by atoms with Gasteiger partial charge >= 0.3 is 12.1 Å². The molecule has 19 heavy (non-hydrogen) atoms. The molecule has 1 heterocycles. The second kappa shape index (κ2) is 6.75. The van der Waals surface area contributed by atoms with Crippen LogP contribution in [-0.2, 0) is 14.3 Å². The summed E-state index contributed by atoms with van der Waals surface area (Å²) >= 11 is 0. The molecule has 0 aromatic heterocycles. The number of hydrogen-bond acceptors (Lipinski definition) is 4. The number of aliphatic carboxylic acids is 1. The zero-order valence-electron chi connectivity index (χ0n) is 11.9. The Kier molecular flexibility index (Phi) is 5.60. The Labute approximate surface area is 113 Å². The van der Waals surface area contributed by atoms with Crippen LogP contribution in [0.4, 0.5) is 4.79 Å². The number of carboxylic acid groups (broad SMARTS) is 1. The van der Waals surface area contributed by atoms with Crippen LogP contribution < -0.4 is 5.32 Å². The van der Waals surface area contributed by atoms with Crippen LogP contribution in [0, 0.1) is 11.8 Å². The molecule has 1 rings (SSSR count). The van der Waals surface area contributed by atoms with E-state index in [1.54, 1.807) is 0 Å². The Morgan fingerprint density at radius 2 is 2.11 bits per heavy atom. The Morgan fingerprint density at radius 1 is 1.47 bits per heavy atom. The van der Waals surface area contributed by atoms with Crippen molar-refractivity contribution in [3.63, 3.8) is 0 Å². The molecule has 1 saturated heterocycles. The molecule has 2 N–H and O–H groups in total. The lowest BCUT2D eigenvalue weighted by atomic mass is 9.76. The third-order valence-electron chi connectivity index (χ3n) is 3.83. The van der Waals surface area contributed by atoms with Gasteiger partial charge in [-0.2, -0.15) is 0 Å². The van der Waals surface area contributed by atoms with Crippen LogP contribution in [-0.4, -0.2) is 42.5 Å². The van der Waals surface area contributed by atoms with Gasteiger partial charge in [0.15, 0.2) is 0 Å². The minimum absolute atomic E-state index is 0.0101. The number of methoxy groups -OCH3 is 1. The van der Waals surface area contributed by atoms with Gasteiger partial charge in [0.25, 0.3) is 0 Å². The van der Waals surface area contributed by atoms with E-state index in [-0.39, 0.29) is 24.0 Å². The molecule has 6 heteroatoms. The highest BCUT2D eigenvalue weighted by atomic mass is 16.5. The first-order valence-corrected chi connectivity index (χ1v) is 6.63. The van der Waals surface area contributed by atoms with Crippen molar-refractivity contribution in [2.24, 2.45) is 11.8 Å². The molecule has 0 aromatic carbocycles. The van der Waals surface area contributed by atoms with Gasteiger partial charge in [0.05, 0.1) is 19.3 Å². The maximum Gasteiger partial charge on any atom is 0.407 e. The number of carboxylic acids is 1. The molecule has 1 aliphatic heterocycles. The van der Waals surface area contributed by atoms with Crippen LogP contribution in [0.3, 0.4) is 0 Å². The van der Waals surface area contributed by atoms with E-state index in [1.165, 1.54) is 7.11 Å². The van der Waals surface area contributed by atoms with E-state index < -0.39 is 18.1 Å². The molecule has 0 spiro atoms. The Bertz CT molecular complexity index is 333. The number of ether oxygens (including phenoxy) is 2. The number of rotatable bonds is 4. The smallest absolute Gasteiger partial charge is 0.407 e. The second-order valence-corrected chi connectivity index (χ2v) is 5.08. The van der Waals surface area contributed by atoms with Crippen molar-refractivity contribution >= 4 is 12.1 Å². The number of hydrogen-bond donors (Lipinski definition) is 2. The number of carbonyl (C=O) groups excluding carboxylic acids is 1. The van der Waals surface area contributed by atoms with Gasteiger partial charge in [0.2, 0.25) is 0 Å².